The standard InChI is InChI=1S/C17H14FN5O2/c18-13-4-2-1-3-12(13)10-5-7-11(8-6-10)23-9-14(21-17(20)25)15(22-23)16(19)24/h1-9H,(H2,19,24)(H3,20,21,25). The zero-order valence-corrected chi connectivity index (χ0v) is 12.9. The minimum absolute atomic E-state index is 0.109. The Hall–Kier alpha value is -3.68. The number of benzene rings is 2. The zero-order chi connectivity index (χ0) is 18.0. The largest absolute Gasteiger partial charge is 0.364 e. The molecule has 3 rings (SSSR count). The number of primary amides is 2. The van der Waals surface area contributed by atoms with Crippen LogP contribution in [0.25, 0.3) is 16.8 Å². The number of aromatic nitrogens is 2. The topological polar surface area (TPSA) is 116 Å². The number of carbonyl (C=O) groups excluding carboxylic acids is 2. The Bertz CT molecular complexity index is 950. The van der Waals surface area contributed by atoms with E-state index in [0.29, 0.717) is 16.8 Å². The number of hydrogen-bond donors (Lipinski definition) is 3. The first-order valence-electron chi connectivity index (χ1n) is 7.27. The molecule has 0 fully saturated rings. The molecule has 0 saturated carbocycles. The third kappa shape index (κ3) is 3.32. The molecule has 8 heteroatoms. The number of halogens is 1. The van der Waals surface area contributed by atoms with Crippen molar-refractivity contribution in [1.82, 2.24) is 9.78 Å². The highest BCUT2D eigenvalue weighted by molar-refractivity contribution is 6.00. The summed E-state index contributed by atoms with van der Waals surface area (Å²) in [6.07, 6.45) is 1.42. The predicted octanol–water partition coefficient (Wildman–Crippen LogP) is 2.27. The van der Waals surface area contributed by atoms with Crippen molar-refractivity contribution < 1.29 is 14.0 Å². The first kappa shape index (κ1) is 16.2. The molecule has 7 nitrogen and oxygen atoms in total. The second-order valence-corrected chi connectivity index (χ2v) is 5.22. The van der Waals surface area contributed by atoms with Crippen molar-refractivity contribution in [3.05, 3.63) is 66.2 Å². The summed E-state index contributed by atoms with van der Waals surface area (Å²) >= 11 is 0. The fraction of sp³-hybridized carbons (Fsp3) is 0. The Labute approximate surface area is 142 Å². The molecule has 0 unspecified atom stereocenters. The number of nitrogens with one attached hydrogen (secondary N) is 1. The van der Waals surface area contributed by atoms with Crippen molar-refractivity contribution in [2.45, 2.75) is 0 Å². The second-order valence-electron chi connectivity index (χ2n) is 5.22. The number of amides is 3. The normalized spacial score (nSPS) is 10.4. The number of rotatable bonds is 4. The van der Waals surface area contributed by atoms with E-state index < -0.39 is 11.9 Å². The molecule has 25 heavy (non-hydrogen) atoms. The van der Waals surface area contributed by atoms with Crippen LogP contribution in [0.4, 0.5) is 14.9 Å². The van der Waals surface area contributed by atoms with Crippen LogP contribution in [0.15, 0.2) is 54.7 Å². The first-order chi connectivity index (χ1) is 12.0. The number of nitrogens with zero attached hydrogens (tertiary/aromatic N) is 2. The van der Waals surface area contributed by atoms with Crippen molar-refractivity contribution in [2.75, 3.05) is 5.32 Å². The number of hydrogen-bond acceptors (Lipinski definition) is 3. The van der Waals surface area contributed by atoms with Crippen molar-refractivity contribution in [2.24, 2.45) is 11.5 Å². The maximum atomic E-state index is 13.8. The Morgan fingerprint density at radius 3 is 2.32 bits per heavy atom. The molecule has 1 aromatic heterocycles. The summed E-state index contributed by atoms with van der Waals surface area (Å²) in [5.41, 5.74) is 12.1. The van der Waals surface area contributed by atoms with Crippen molar-refractivity contribution in [3.63, 3.8) is 0 Å². The summed E-state index contributed by atoms with van der Waals surface area (Å²) in [6, 6.07) is 12.5. The van der Waals surface area contributed by atoms with Gasteiger partial charge in [-0.05, 0) is 23.8 Å². The molecule has 0 aliphatic carbocycles. The van der Waals surface area contributed by atoms with Crippen LogP contribution in [-0.4, -0.2) is 21.7 Å². The molecule has 0 spiro atoms. The predicted molar refractivity (Wildman–Crippen MR) is 90.7 cm³/mol. The zero-order valence-electron chi connectivity index (χ0n) is 12.9. The average molecular weight is 339 g/mol. The molecular weight excluding hydrogens is 325 g/mol. The highest BCUT2D eigenvalue weighted by Crippen LogP contribution is 2.24. The molecule has 0 aliphatic rings. The summed E-state index contributed by atoms with van der Waals surface area (Å²) in [5.74, 6) is -1.12. The van der Waals surface area contributed by atoms with Gasteiger partial charge in [0.05, 0.1) is 17.6 Å². The molecule has 0 atom stereocenters. The minimum atomic E-state index is -0.836. The van der Waals surface area contributed by atoms with Crippen molar-refractivity contribution >= 4 is 17.6 Å². The molecule has 3 aromatic rings. The Morgan fingerprint density at radius 2 is 1.72 bits per heavy atom. The van der Waals surface area contributed by atoms with Crippen LogP contribution in [0.5, 0.6) is 0 Å². The van der Waals surface area contributed by atoms with Crippen LogP contribution in [-0.2, 0) is 0 Å². The van der Waals surface area contributed by atoms with E-state index in [9.17, 15) is 14.0 Å². The van der Waals surface area contributed by atoms with E-state index in [1.54, 1.807) is 42.5 Å². The Balaban J connectivity index is 1.96. The van der Waals surface area contributed by atoms with Gasteiger partial charge in [0.25, 0.3) is 5.91 Å². The minimum Gasteiger partial charge on any atom is -0.364 e. The fourth-order valence-corrected chi connectivity index (χ4v) is 2.40. The van der Waals surface area contributed by atoms with Crippen LogP contribution in [0.3, 0.4) is 0 Å². The highest BCUT2D eigenvalue weighted by atomic mass is 19.1. The van der Waals surface area contributed by atoms with Crippen LogP contribution >= 0.6 is 0 Å². The summed E-state index contributed by atoms with van der Waals surface area (Å²) in [5, 5.41) is 6.35. The molecule has 126 valence electrons. The van der Waals surface area contributed by atoms with E-state index in [0.717, 1.165) is 0 Å². The van der Waals surface area contributed by atoms with Gasteiger partial charge >= 0.3 is 6.03 Å². The van der Waals surface area contributed by atoms with Crippen LogP contribution in [0, 0.1) is 5.82 Å². The average Bonchev–Trinajstić information content (AvgIpc) is 2.99. The van der Waals surface area contributed by atoms with Gasteiger partial charge in [-0.2, -0.15) is 5.10 Å². The molecule has 5 N–H and O–H groups in total. The third-order valence-corrected chi connectivity index (χ3v) is 3.52. The van der Waals surface area contributed by atoms with Gasteiger partial charge in [-0.1, -0.05) is 30.3 Å². The van der Waals surface area contributed by atoms with E-state index in [-0.39, 0.29) is 17.2 Å². The van der Waals surface area contributed by atoms with Gasteiger partial charge in [-0.25, -0.2) is 13.9 Å². The van der Waals surface area contributed by atoms with Gasteiger partial charge in [0.2, 0.25) is 0 Å². The van der Waals surface area contributed by atoms with E-state index in [4.69, 9.17) is 11.5 Å². The number of urea groups is 1. The number of nitrogens with two attached hydrogens (primary N) is 2. The lowest BCUT2D eigenvalue weighted by Crippen LogP contribution is -2.22. The lowest BCUT2D eigenvalue weighted by Gasteiger charge is -2.05. The molecule has 1 heterocycles. The fourth-order valence-electron chi connectivity index (χ4n) is 2.40. The SMILES string of the molecule is NC(=O)Nc1cn(-c2ccc(-c3ccccc3F)cc2)nc1C(N)=O. The maximum absolute atomic E-state index is 13.8. The maximum Gasteiger partial charge on any atom is 0.316 e. The van der Waals surface area contributed by atoms with E-state index in [1.165, 1.54) is 16.9 Å². The summed E-state index contributed by atoms with van der Waals surface area (Å²) in [6.45, 7) is 0. The third-order valence-electron chi connectivity index (χ3n) is 3.52. The van der Waals surface area contributed by atoms with Crippen LogP contribution in [0.1, 0.15) is 10.5 Å². The van der Waals surface area contributed by atoms with Gasteiger partial charge in [-0.15, -0.1) is 0 Å². The smallest absolute Gasteiger partial charge is 0.316 e. The van der Waals surface area contributed by atoms with Crippen molar-refractivity contribution in [1.29, 1.82) is 0 Å². The lowest BCUT2D eigenvalue weighted by molar-refractivity contribution is 0.0996. The number of carbonyl (C=O) groups is 2. The van der Waals surface area contributed by atoms with Gasteiger partial charge in [0.1, 0.15) is 5.82 Å². The Kier molecular flexibility index (Phi) is 4.17. The monoisotopic (exact) mass is 339 g/mol. The van der Waals surface area contributed by atoms with Gasteiger partial charge in [0.15, 0.2) is 5.69 Å². The molecule has 3 amide bonds. The van der Waals surface area contributed by atoms with Gasteiger partial charge in [-0.3, -0.25) is 4.79 Å². The van der Waals surface area contributed by atoms with Crippen molar-refractivity contribution in [3.8, 4) is 16.8 Å². The van der Waals surface area contributed by atoms with E-state index >= 15 is 0 Å². The second kappa shape index (κ2) is 6.44. The van der Waals surface area contributed by atoms with E-state index in [2.05, 4.69) is 10.4 Å². The molecule has 0 aliphatic heterocycles. The first-order valence-corrected chi connectivity index (χ1v) is 7.27. The van der Waals surface area contributed by atoms with Gasteiger partial charge in [0, 0.05) is 5.56 Å². The summed E-state index contributed by atoms with van der Waals surface area (Å²) < 4.78 is 15.2. The molecular formula is C17H14FN5O2. The summed E-state index contributed by atoms with van der Waals surface area (Å²) in [4.78, 5) is 22.4. The molecule has 0 saturated heterocycles. The molecule has 2 aromatic carbocycles. The molecule has 0 radical (unpaired) electrons. The Morgan fingerprint density at radius 1 is 1.04 bits per heavy atom. The number of anilines is 1. The van der Waals surface area contributed by atoms with Crippen LogP contribution < -0.4 is 16.8 Å². The lowest BCUT2D eigenvalue weighted by atomic mass is 10.1. The van der Waals surface area contributed by atoms with Crippen LogP contribution in [0.2, 0.25) is 0 Å². The van der Waals surface area contributed by atoms with Gasteiger partial charge < -0.3 is 16.8 Å². The summed E-state index contributed by atoms with van der Waals surface area (Å²) in [7, 11) is 0. The highest BCUT2D eigenvalue weighted by Gasteiger charge is 2.16. The van der Waals surface area contributed by atoms with E-state index in [1.807, 2.05) is 0 Å². The molecule has 0 bridgehead atoms. The quantitative estimate of drug-likeness (QED) is 0.677.